The highest BCUT2D eigenvalue weighted by atomic mass is 35.5. The Balaban J connectivity index is 2.00. The van der Waals surface area contributed by atoms with E-state index in [9.17, 15) is 4.79 Å². The monoisotopic (exact) mass is 302 g/mol. The van der Waals surface area contributed by atoms with Crippen LogP contribution in [0.2, 0.25) is 0 Å². The third kappa shape index (κ3) is 4.50. The highest BCUT2D eigenvalue weighted by Crippen LogP contribution is 2.25. The SMILES string of the molecule is CC(=O)Nc1ccc(C(Cl)CN(C)c2ccccc2)cc1. The zero-order valence-corrected chi connectivity index (χ0v) is 13.0. The van der Waals surface area contributed by atoms with Gasteiger partial charge in [-0.25, -0.2) is 0 Å². The van der Waals surface area contributed by atoms with E-state index in [-0.39, 0.29) is 11.3 Å². The number of halogens is 1. The summed E-state index contributed by atoms with van der Waals surface area (Å²) in [6.07, 6.45) is 0. The van der Waals surface area contributed by atoms with Gasteiger partial charge in [-0.3, -0.25) is 4.79 Å². The van der Waals surface area contributed by atoms with Gasteiger partial charge in [-0.05, 0) is 29.8 Å². The van der Waals surface area contributed by atoms with Crippen molar-refractivity contribution in [1.82, 2.24) is 0 Å². The minimum absolute atomic E-state index is 0.0750. The maximum absolute atomic E-state index is 11.0. The van der Waals surface area contributed by atoms with Gasteiger partial charge in [0.2, 0.25) is 5.91 Å². The molecule has 21 heavy (non-hydrogen) atoms. The van der Waals surface area contributed by atoms with Crippen LogP contribution in [0.3, 0.4) is 0 Å². The van der Waals surface area contributed by atoms with Gasteiger partial charge in [-0.15, -0.1) is 11.6 Å². The molecule has 0 saturated carbocycles. The minimum atomic E-state index is -0.110. The smallest absolute Gasteiger partial charge is 0.221 e. The molecule has 0 aromatic heterocycles. The van der Waals surface area contributed by atoms with Gasteiger partial charge < -0.3 is 10.2 Å². The summed E-state index contributed by atoms with van der Waals surface area (Å²) >= 11 is 6.48. The van der Waals surface area contributed by atoms with Crippen molar-refractivity contribution in [1.29, 1.82) is 0 Å². The Bertz CT molecular complexity index is 583. The van der Waals surface area contributed by atoms with Crippen molar-refractivity contribution in [3.63, 3.8) is 0 Å². The molecule has 2 aromatic carbocycles. The van der Waals surface area contributed by atoms with E-state index < -0.39 is 0 Å². The van der Waals surface area contributed by atoms with Crippen LogP contribution in [-0.2, 0) is 4.79 Å². The predicted octanol–water partition coefficient (Wildman–Crippen LogP) is 4.06. The Morgan fingerprint density at radius 3 is 2.33 bits per heavy atom. The maximum Gasteiger partial charge on any atom is 0.221 e. The molecule has 2 rings (SSSR count). The lowest BCUT2D eigenvalue weighted by atomic mass is 10.1. The first-order valence-electron chi connectivity index (χ1n) is 6.84. The number of alkyl halides is 1. The van der Waals surface area contributed by atoms with Gasteiger partial charge in [-0.2, -0.15) is 0 Å². The number of anilines is 2. The number of likely N-dealkylation sites (N-methyl/N-ethyl adjacent to an activating group) is 1. The molecule has 0 heterocycles. The van der Waals surface area contributed by atoms with Crippen LogP contribution in [0.1, 0.15) is 17.9 Å². The second kappa shape index (κ2) is 7.14. The Labute approximate surface area is 130 Å². The number of rotatable bonds is 5. The molecule has 0 radical (unpaired) electrons. The first-order valence-corrected chi connectivity index (χ1v) is 7.27. The first-order chi connectivity index (χ1) is 10.1. The average Bonchev–Trinajstić information content (AvgIpc) is 2.48. The largest absolute Gasteiger partial charge is 0.373 e. The number of para-hydroxylation sites is 1. The molecule has 3 nitrogen and oxygen atoms in total. The van der Waals surface area contributed by atoms with E-state index in [1.807, 2.05) is 49.5 Å². The summed E-state index contributed by atoms with van der Waals surface area (Å²) < 4.78 is 0. The molecule has 0 aliphatic carbocycles. The van der Waals surface area contributed by atoms with Crippen molar-refractivity contribution in [2.45, 2.75) is 12.3 Å². The number of carbonyl (C=O) groups excluding carboxylic acids is 1. The van der Waals surface area contributed by atoms with Crippen LogP contribution in [0.5, 0.6) is 0 Å². The summed E-state index contributed by atoms with van der Waals surface area (Å²) in [5, 5.41) is 2.64. The van der Waals surface area contributed by atoms with Crippen molar-refractivity contribution in [2.24, 2.45) is 0 Å². The number of nitrogens with zero attached hydrogens (tertiary/aromatic N) is 1. The molecule has 0 bridgehead atoms. The summed E-state index contributed by atoms with van der Waals surface area (Å²) in [4.78, 5) is 13.1. The van der Waals surface area contributed by atoms with Crippen LogP contribution in [0.4, 0.5) is 11.4 Å². The molecule has 1 amide bonds. The molecule has 1 atom stereocenters. The number of benzene rings is 2. The second-order valence-electron chi connectivity index (χ2n) is 4.99. The fourth-order valence-electron chi connectivity index (χ4n) is 2.11. The standard InChI is InChI=1S/C17H19ClN2O/c1-13(21)19-15-10-8-14(9-11-15)17(18)12-20(2)16-6-4-3-5-7-16/h3-11,17H,12H2,1-2H3,(H,19,21). The van der Waals surface area contributed by atoms with Gasteiger partial charge in [0.25, 0.3) is 0 Å². The molecule has 0 aliphatic heterocycles. The summed E-state index contributed by atoms with van der Waals surface area (Å²) in [6.45, 7) is 2.21. The Morgan fingerprint density at radius 1 is 1.14 bits per heavy atom. The average molecular weight is 303 g/mol. The van der Waals surface area contributed by atoms with Crippen LogP contribution in [0.25, 0.3) is 0 Å². The van der Waals surface area contributed by atoms with Crippen molar-refractivity contribution in [2.75, 3.05) is 23.8 Å². The molecule has 0 aliphatic rings. The van der Waals surface area contributed by atoms with Crippen LogP contribution in [-0.4, -0.2) is 19.5 Å². The summed E-state index contributed by atoms with van der Waals surface area (Å²) in [6, 6.07) is 17.8. The van der Waals surface area contributed by atoms with Gasteiger partial charge in [0, 0.05) is 31.9 Å². The normalized spacial score (nSPS) is 11.8. The Kier molecular flexibility index (Phi) is 5.23. The van der Waals surface area contributed by atoms with E-state index >= 15 is 0 Å². The molecular formula is C17H19ClN2O. The van der Waals surface area contributed by atoms with Gasteiger partial charge in [0.15, 0.2) is 0 Å². The van der Waals surface area contributed by atoms with Gasteiger partial charge >= 0.3 is 0 Å². The van der Waals surface area contributed by atoms with Crippen molar-refractivity contribution in [3.05, 3.63) is 60.2 Å². The highest BCUT2D eigenvalue weighted by molar-refractivity contribution is 6.21. The zero-order chi connectivity index (χ0) is 15.2. The highest BCUT2D eigenvalue weighted by Gasteiger charge is 2.11. The van der Waals surface area contributed by atoms with Crippen LogP contribution >= 0.6 is 11.6 Å². The molecule has 4 heteroatoms. The second-order valence-corrected chi connectivity index (χ2v) is 5.51. The van der Waals surface area contributed by atoms with Crippen LogP contribution < -0.4 is 10.2 Å². The molecule has 1 N–H and O–H groups in total. The maximum atomic E-state index is 11.0. The lowest BCUT2D eigenvalue weighted by Gasteiger charge is -2.22. The van der Waals surface area contributed by atoms with E-state index in [1.54, 1.807) is 0 Å². The molecule has 1 unspecified atom stereocenters. The van der Waals surface area contributed by atoms with Gasteiger partial charge in [0.1, 0.15) is 0 Å². The van der Waals surface area contributed by atoms with Crippen molar-refractivity contribution >= 4 is 28.9 Å². The van der Waals surface area contributed by atoms with Crippen LogP contribution in [0.15, 0.2) is 54.6 Å². The van der Waals surface area contributed by atoms with E-state index in [0.29, 0.717) is 6.54 Å². The van der Waals surface area contributed by atoms with E-state index in [0.717, 1.165) is 16.9 Å². The zero-order valence-electron chi connectivity index (χ0n) is 12.2. The lowest BCUT2D eigenvalue weighted by Crippen LogP contribution is -2.21. The number of hydrogen-bond acceptors (Lipinski definition) is 2. The Hall–Kier alpha value is -2.00. The fraction of sp³-hybridized carbons (Fsp3) is 0.235. The van der Waals surface area contributed by atoms with Crippen LogP contribution in [0, 0.1) is 0 Å². The van der Waals surface area contributed by atoms with E-state index in [4.69, 9.17) is 11.6 Å². The molecule has 0 fully saturated rings. The number of nitrogens with one attached hydrogen (secondary N) is 1. The third-order valence-corrected chi connectivity index (χ3v) is 3.61. The van der Waals surface area contributed by atoms with Crippen molar-refractivity contribution in [3.8, 4) is 0 Å². The number of amides is 1. The molecule has 110 valence electrons. The summed E-state index contributed by atoms with van der Waals surface area (Å²) in [5.41, 5.74) is 2.96. The number of hydrogen-bond donors (Lipinski definition) is 1. The van der Waals surface area contributed by atoms with Gasteiger partial charge in [0.05, 0.1) is 5.38 Å². The molecule has 2 aromatic rings. The van der Waals surface area contributed by atoms with Crippen molar-refractivity contribution < 1.29 is 4.79 Å². The third-order valence-electron chi connectivity index (χ3n) is 3.22. The molecule has 0 spiro atoms. The molecule has 0 saturated heterocycles. The predicted molar refractivity (Wildman–Crippen MR) is 89.1 cm³/mol. The van der Waals surface area contributed by atoms with E-state index in [1.165, 1.54) is 6.92 Å². The number of carbonyl (C=O) groups is 1. The molecular weight excluding hydrogens is 284 g/mol. The minimum Gasteiger partial charge on any atom is -0.373 e. The Morgan fingerprint density at radius 2 is 1.76 bits per heavy atom. The summed E-state index contributed by atoms with van der Waals surface area (Å²) in [7, 11) is 2.02. The summed E-state index contributed by atoms with van der Waals surface area (Å²) in [5.74, 6) is -0.0750. The van der Waals surface area contributed by atoms with E-state index in [2.05, 4.69) is 22.3 Å². The first kappa shape index (κ1) is 15.4. The lowest BCUT2D eigenvalue weighted by molar-refractivity contribution is -0.114. The quantitative estimate of drug-likeness (QED) is 0.845. The van der Waals surface area contributed by atoms with Gasteiger partial charge in [-0.1, -0.05) is 30.3 Å². The fourth-order valence-corrected chi connectivity index (χ4v) is 2.46. The topological polar surface area (TPSA) is 32.3 Å².